The highest BCUT2D eigenvalue weighted by atomic mass is 19.1. The Labute approximate surface area is 381 Å². The summed E-state index contributed by atoms with van der Waals surface area (Å²) in [5, 5.41) is 43.2. The molecular weight excluding hydrogens is 864 g/mol. The van der Waals surface area contributed by atoms with E-state index in [4.69, 9.17) is 36.1 Å². The number of aliphatic carboxylic acids is 1. The monoisotopic (exact) mass is 917 g/mol. The quantitative estimate of drug-likeness (QED) is 0.169. The van der Waals surface area contributed by atoms with E-state index in [0.717, 1.165) is 9.80 Å². The minimum Gasteiger partial charge on any atom is -0.480 e. The van der Waals surface area contributed by atoms with Crippen molar-refractivity contribution < 1.29 is 51.7 Å². The summed E-state index contributed by atoms with van der Waals surface area (Å²) in [4.78, 5) is 60.9. The molecule has 3 aromatic rings. The van der Waals surface area contributed by atoms with E-state index < -0.39 is 71.9 Å². The highest BCUT2D eigenvalue weighted by molar-refractivity contribution is 5.98. The van der Waals surface area contributed by atoms with Gasteiger partial charge in [-0.1, -0.05) is 36.4 Å². The predicted molar refractivity (Wildman–Crippen MR) is 237 cm³/mol. The second-order valence-electron chi connectivity index (χ2n) is 17.1. The van der Waals surface area contributed by atoms with Crippen LogP contribution >= 0.6 is 0 Å². The van der Waals surface area contributed by atoms with Crippen molar-refractivity contribution >= 4 is 47.0 Å². The van der Waals surface area contributed by atoms with Gasteiger partial charge in [0.2, 0.25) is 11.8 Å². The van der Waals surface area contributed by atoms with Gasteiger partial charge in [-0.25, -0.2) is 27.6 Å². The number of benzene rings is 3. The van der Waals surface area contributed by atoms with Gasteiger partial charge in [0.25, 0.3) is 0 Å². The van der Waals surface area contributed by atoms with E-state index in [1.54, 1.807) is 114 Å². The van der Waals surface area contributed by atoms with Crippen molar-refractivity contribution in [3.8, 4) is 18.2 Å². The number of nitrogen functional groups attached to an aromatic ring is 1. The standard InChI is InChI=1S/C17H20FN3O3.C12H12FN3O.C10H16FNO4.C7H6N2/c1-17(2,3)24-16(23)21-10-12(18)8-14(21)15(22)20-13-7-5-4-6-11(13)9-19;13-9-5-11(15-7-9)12(17)16-10-4-2-1-3-8(10)6-14;1-10(2,3)16-9(15)12-5-6(11)4-7(12)8(13)14;8-5-6-3-1-2-4-7(6)9/h4-7,12,14H,8,10H2,1-3H3,(H,20,22);1-4,9,11,15H,5,7H2,(H,16,17);6-7H,4-5H2,1-3H3,(H,13,14);1-4H,9H2/t12-,14-;9-,11-;6-,7-;/m111./s1. The molecule has 0 radical (unpaired) electrons. The Morgan fingerprint density at radius 1 is 0.652 bits per heavy atom. The molecule has 3 saturated heterocycles. The molecule has 3 fully saturated rings. The van der Waals surface area contributed by atoms with E-state index in [0.29, 0.717) is 33.8 Å². The van der Waals surface area contributed by atoms with Crippen molar-refractivity contribution in [2.75, 3.05) is 36.0 Å². The van der Waals surface area contributed by atoms with Gasteiger partial charge in [0, 0.05) is 31.5 Å². The van der Waals surface area contributed by atoms with Crippen LogP contribution in [0.5, 0.6) is 0 Å². The molecule has 0 unspecified atom stereocenters. The molecule has 0 aliphatic carbocycles. The van der Waals surface area contributed by atoms with Gasteiger partial charge >= 0.3 is 18.2 Å². The molecule has 352 valence electrons. The minimum atomic E-state index is -1.30. The molecule has 4 amide bonds. The van der Waals surface area contributed by atoms with Crippen molar-refractivity contribution in [1.82, 2.24) is 15.1 Å². The van der Waals surface area contributed by atoms with Gasteiger partial charge in [0.15, 0.2) is 0 Å². The van der Waals surface area contributed by atoms with Crippen LogP contribution in [-0.2, 0) is 23.9 Å². The number of carbonyl (C=O) groups excluding carboxylic acids is 4. The van der Waals surface area contributed by atoms with Crippen molar-refractivity contribution in [3.05, 3.63) is 89.5 Å². The third-order valence-electron chi connectivity index (χ3n) is 9.43. The molecule has 17 nitrogen and oxygen atoms in total. The summed E-state index contributed by atoms with van der Waals surface area (Å²) in [7, 11) is 0. The number of nitrogens with zero attached hydrogens (tertiary/aromatic N) is 5. The second kappa shape index (κ2) is 24.1. The number of hydrogen-bond donors (Lipinski definition) is 5. The van der Waals surface area contributed by atoms with Gasteiger partial charge in [-0.15, -0.1) is 0 Å². The number of carboxylic acids is 1. The number of para-hydroxylation sites is 3. The largest absolute Gasteiger partial charge is 0.480 e. The summed E-state index contributed by atoms with van der Waals surface area (Å²) in [6, 6.07) is 23.5. The van der Waals surface area contributed by atoms with Crippen molar-refractivity contribution in [1.29, 1.82) is 15.8 Å². The van der Waals surface area contributed by atoms with Gasteiger partial charge in [0.05, 0.1) is 47.2 Å². The summed E-state index contributed by atoms with van der Waals surface area (Å²) in [5.74, 6) is -2.04. The van der Waals surface area contributed by atoms with Gasteiger partial charge in [-0.3, -0.25) is 19.4 Å². The maximum atomic E-state index is 13.8. The maximum Gasteiger partial charge on any atom is 0.411 e. The number of nitrogens with one attached hydrogen (secondary N) is 3. The van der Waals surface area contributed by atoms with Crippen LogP contribution in [0.1, 0.15) is 77.5 Å². The number of ether oxygens (including phenoxy) is 2. The van der Waals surface area contributed by atoms with E-state index in [1.165, 1.54) is 0 Å². The normalized spacial score (nSPS) is 20.7. The first-order chi connectivity index (χ1) is 31.0. The first-order valence-electron chi connectivity index (χ1n) is 20.7. The molecule has 20 heteroatoms. The summed E-state index contributed by atoms with van der Waals surface area (Å²) in [6.45, 7) is 9.91. The van der Waals surface area contributed by atoms with Crippen LogP contribution < -0.4 is 21.7 Å². The average molecular weight is 918 g/mol. The van der Waals surface area contributed by atoms with Crippen LogP contribution in [0.25, 0.3) is 0 Å². The Hall–Kier alpha value is -7.37. The van der Waals surface area contributed by atoms with Crippen molar-refractivity contribution in [2.45, 2.75) is 109 Å². The average Bonchev–Trinajstić information content (AvgIpc) is 3.99. The molecule has 0 bridgehead atoms. The fourth-order valence-corrected chi connectivity index (χ4v) is 6.40. The lowest BCUT2D eigenvalue weighted by molar-refractivity contribution is -0.142. The SMILES string of the molecule is CC(C)(C)OC(=O)N1C[C@H](F)C[C@@H]1C(=O)Nc1ccccc1C#N.CC(C)(C)OC(=O)N1C[C@H](F)C[C@@H]1C(=O)O.N#Cc1ccccc1N.N#Cc1ccccc1NC(=O)[C@H]1C[C@@H](F)CN1. The number of hydrogen-bond acceptors (Lipinski definition) is 12. The van der Waals surface area contributed by atoms with Crippen LogP contribution in [0, 0.1) is 34.0 Å². The Bertz CT molecular complexity index is 2320. The molecule has 6 rings (SSSR count). The lowest BCUT2D eigenvalue weighted by atomic mass is 10.1. The van der Waals surface area contributed by atoms with Gasteiger partial charge in [-0.2, -0.15) is 15.8 Å². The number of amides is 4. The van der Waals surface area contributed by atoms with E-state index in [9.17, 15) is 37.1 Å². The molecule has 3 aliphatic heterocycles. The number of nitrogens with two attached hydrogens (primary N) is 1. The van der Waals surface area contributed by atoms with Crippen molar-refractivity contribution in [2.24, 2.45) is 0 Å². The molecule has 6 N–H and O–H groups in total. The predicted octanol–water partition coefficient (Wildman–Crippen LogP) is 6.60. The molecule has 66 heavy (non-hydrogen) atoms. The summed E-state index contributed by atoms with van der Waals surface area (Å²) < 4.78 is 50.0. The van der Waals surface area contributed by atoms with Crippen LogP contribution in [-0.4, -0.2) is 112 Å². The van der Waals surface area contributed by atoms with Crippen LogP contribution in [0.3, 0.4) is 0 Å². The number of anilines is 3. The number of carboxylic acid groups (broad SMARTS) is 1. The summed E-state index contributed by atoms with van der Waals surface area (Å²) in [6.07, 6.45) is -5.16. The third kappa shape index (κ3) is 16.6. The smallest absolute Gasteiger partial charge is 0.411 e. The number of carbonyl (C=O) groups is 5. The number of alkyl halides is 3. The van der Waals surface area contributed by atoms with Gasteiger partial charge in [-0.05, 0) is 77.9 Å². The first kappa shape index (κ1) is 53.0. The van der Waals surface area contributed by atoms with E-state index in [2.05, 4.69) is 16.0 Å². The third-order valence-corrected chi connectivity index (χ3v) is 9.43. The number of nitriles is 3. The molecule has 0 aromatic heterocycles. The zero-order valence-corrected chi connectivity index (χ0v) is 37.4. The molecule has 3 heterocycles. The van der Waals surface area contributed by atoms with Crippen LogP contribution in [0.15, 0.2) is 72.8 Å². The van der Waals surface area contributed by atoms with Crippen LogP contribution in [0.2, 0.25) is 0 Å². The zero-order chi connectivity index (χ0) is 49.4. The fourth-order valence-electron chi connectivity index (χ4n) is 6.40. The molecule has 0 saturated carbocycles. The van der Waals surface area contributed by atoms with Gasteiger partial charge < -0.3 is 36.3 Å². The fraction of sp³-hybridized carbons (Fsp3) is 0.435. The second-order valence-corrected chi connectivity index (χ2v) is 17.1. The number of rotatable bonds is 5. The molecule has 0 spiro atoms. The molecule has 3 aromatic carbocycles. The lowest BCUT2D eigenvalue weighted by Crippen LogP contribution is -2.45. The number of halogens is 3. The molecule has 3 aliphatic rings. The summed E-state index contributed by atoms with van der Waals surface area (Å²) in [5.41, 5.74) is 6.53. The Morgan fingerprint density at radius 2 is 1.06 bits per heavy atom. The Kier molecular flexibility index (Phi) is 19.3. The maximum absolute atomic E-state index is 13.8. The zero-order valence-electron chi connectivity index (χ0n) is 37.4. The molecule has 6 atom stereocenters. The number of likely N-dealkylation sites (tertiary alicyclic amines) is 2. The summed E-state index contributed by atoms with van der Waals surface area (Å²) >= 11 is 0. The highest BCUT2D eigenvalue weighted by Crippen LogP contribution is 2.26. The first-order valence-corrected chi connectivity index (χ1v) is 20.7. The minimum absolute atomic E-state index is 0.0974. The molecular formula is C46H54F3N9O8. The highest BCUT2D eigenvalue weighted by Gasteiger charge is 2.43. The van der Waals surface area contributed by atoms with Crippen LogP contribution in [0.4, 0.5) is 39.8 Å². The van der Waals surface area contributed by atoms with Gasteiger partial charge in [0.1, 0.15) is 60.0 Å². The topological polar surface area (TPSA) is 264 Å². The Balaban J connectivity index is 0.000000245. The van der Waals surface area contributed by atoms with E-state index in [-0.39, 0.29) is 44.8 Å². The van der Waals surface area contributed by atoms with E-state index >= 15 is 0 Å². The lowest BCUT2D eigenvalue weighted by Gasteiger charge is -2.27. The van der Waals surface area contributed by atoms with E-state index in [1.807, 2.05) is 18.2 Å². The Morgan fingerprint density at radius 3 is 1.45 bits per heavy atom. The van der Waals surface area contributed by atoms with Crippen molar-refractivity contribution in [3.63, 3.8) is 0 Å².